The quantitative estimate of drug-likeness (QED) is 0.700. The van der Waals surface area contributed by atoms with E-state index in [1.807, 2.05) is 20.0 Å². The number of anilines is 1. The number of nitrogen functional groups attached to an aromatic ring is 1. The number of nitrogens with two attached hydrogens (primary N) is 1. The van der Waals surface area contributed by atoms with Gasteiger partial charge in [0, 0.05) is 28.5 Å². The Morgan fingerprint density at radius 2 is 2.11 bits per heavy atom. The van der Waals surface area contributed by atoms with Crippen molar-refractivity contribution in [3.05, 3.63) is 45.7 Å². The second-order valence-electron chi connectivity index (χ2n) is 4.27. The van der Waals surface area contributed by atoms with E-state index in [0.717, 1.165) is 15.9 Å². The zero-order valence-corrected chi connectivity index (χ0v) is 11.9. The van der Waals surface area contributed by atoms with Crippen molar-refractivity contribution in [1.82, 2.24) is 9.78 Å². The SMILES string of the molecule is Cc1cc(CC(=O)c2cc(N)cc(Br)c2)n(C)n1. The second kappa shape index (κ2) is 4.94. The van der Waals surface area contributed by atoms with Crippen LogP contribution in [0, 0.1) is 6.92 Å². The lowest BCUT2D eigenvalue weighted by Crippen LogP contribution is -2.08. The van der Waals surface area contributed by atoms with Crippen molar-refractivity contribution in [2.75, 3.05) is 5.73 Å². The molecule has 94 valence electrons. The van der Waals surface area contributed by atoms with Gasteiger partial charge < -0.3 is 5.73 Å². The Bertz CT molecular complexity index is 584. The van der Waals surface area contributed by atoms with Gasteiger partial charge in [-0.15, -0.1) is 0 Å². The highest BCUT2D eigenvalue weighted by Gasteiger charge is 2.11. The Balaban J connectivity index is 2.24. The Kier molecular flexibility index (Phi) is 3.52. The van der Waals surface area contributed by atoms with Crippen LogP contribution in [-0.4, -0.2) is 15.6 Å². The molecule has 5 heteroatoms. The zero-order valence-electron chi connectivity index (χ0n) is 10.3. The highest BCUT2D eigenvalue weighted by molar-refractivity contribution is 9.10. The molecule has 0 aliphatic rings. The van der Waals surface area contributed by atoms with Crippen LogP contribution in [-0.2, 0) is 13.5 Å². The average Bonchev–Trinajstić information content (AvgIpc) is 2.56. The van der Waals surface area contributed by atoms with Gasteiger partial charge in [0.2, 0.25) is 0 Å². The summed E-state index contributed by atoms with van der Waals surface area (Å²) >= 11 is 3.34. The molecule has 18 heavy (non-hydrogen) atoms. The Morgan fingerprint density at radius 3 is 2.67 bits per heavy atom. The highest BCUT2D eigenvalue weighted by Crippen LogP contribution is 2.19. The maximum absolute atomic E-state index is 12.2. The van der Waals surface area contributed by atoms with Gasteiger partial charge in [-0.3, -0.25) is 9.48 Å². The largest absolute Gasteiger partial charge is 0.399 e. The number of aromatic nitrogens is 2. The fraction of sp³-hybridized carbons (Fsp3) is 0.231. The molecular weight excluding hydrogens is 294 g/mol. The number of hydrogen-bond acceptors (Lipinski definition) is 3. The molecule has 1 aromatic carbocycles. The van der Waals surface area contributed by atoms with Gasteiger partial charge in [0.1, 0.15) is 0 Å². The number of hydrogen-bond donors (Lipinski definition) is 1. The van der Waals surface area contributed by atoms with Crippen molar-refractivity contribution in [2.45, 2.75) is 13.3 Å². The first-order valence-corrected chi connectivity index (χ1v) is 6.34. The maximum Gasteiger partial charge on any atom is 0.168 e. The van der Waals surface area contributed by atoms with Crippen molar-refractivity contribution in [3.63, 3.8) is 0 Å². The first-order valence-electron chi connectivity index (χ1n) is 5.54. The number of carbonyl (C=O) groups is 1. The topological polar surface area (TPSA) is 60.9 Å². The molecular formula is C13H14BrN3O. The Morgan fingerprint density at radius 1 is 1.39 bits per heavy atom. The number of Topliss-reactive ketones (excluding diaryl/α,β-unsaturated/α-hetero) is 1. The lowest BCUT2D eigenvalue weighted by molar-refractivity contribution is 0.0990. The van der Waals surface area contributed by atoms with Crippen LogP contribution in [0.2, 0.25) is 0 Å². The van der Waals surface area contributed by atoms with Gasteiger partial charge in [-0.05, 0) is 31.2 Å². The van der Waals surface area contributed by atoms with Crippen LogP contribution >= 0.6 is 15.9 Å². The van der Waals surface area contributed by atoms with Gasteiger partial charge in [0.25, 0.3) is 0 Å². The number of benzene rings is 1. The normalized spacial score (nSPS) is 10.6. The molecule has 1 aromatic heterocycles. The smallest absolute Gasteiger partial charge is 0.168 e. The first kappa shape index (κ1) is 12.8. The van der Waals surface area contributed by atoms with E-state index >= 15 is 0 Å². The monoisotopic (exact) mass is 307 g/mol. The fourth-order valence-electron chi connectivity index (χ4n) is 1.87. The molecule has 0 aliphatic carbocycles. The number of halogens is 1. The molecule has 0 fully saturated rings. The van der Waals surface area contributed by atoms with Gasteiger partial charge in [0.15, 0.2) is 5.78 Å². The van der Waals surface area contributed by atoms with Gasteiger partial charge in [0.05, 0.1) is 12.1 Å². The predicted octanol–water partition coefficient (Wildman–Crippen LogP) is 2.50. The summed E-state index contributed by atoms with van der Waals surface area (Å²) in [5.74, 6) is 0.0333. The second-order valence-corrected chi connectivity index (χ2v) is 5.19. The molecule has 0 bridgehead atoms. The van der Waals surface area contributed by atoms with Crippen LogP contribution in [0.15, 0.2) is 28.7 Å². The van der Waals surface area contributed by atoms with E-state index in [4.69, 9.17) is 5.73 Å². The minimum Gasteiger partial charge on any atom is -0.399 e. The Hall–Kier alpha value is -1.62. The molecule has 0 aliphatic heterocycles. The van der Waals surface area contributed by atoms with Gasteiger partial charge in [-0.25, -0.2) is 0 Å². The summed E-state index contributed by atoms with van der Waals surface area (Å²) in [4.78, 5) is 12.2. The molecule has 4 nitrogen and oxygen atoms in total. The summed E-state index contributed by atoms with van der Waals surface area (Å²) in [5, 5.41) is 4.22. The average molecular weight is 308 g/mol. The lowest BCUT2D eigenvalue weighted by Gasteiger charge is -2.04. The molecule has 1 heterocycles. The lowest BCUT2D eigenvalue weighted by atomic mass is 10.1. The number of ketones is 1. The van der Waals surface area contributed by atoms with Gasteiger partial charge in [-0.2, -0.15) is 5.10 Å². The maximum atomic E-state index is 12.2. The molecule has 0 radical (unpaired) electrons. The highest BCUT2D eigenvalue weighted by atomic mass is 79.9. The van der Waals surface area contributed by atoms with Gasteiger partial charge >= 0.3 is 0 Å². The van der Waals surface area contributed by atoms with E-state index in [1.165, 1.54) is 0 Å². The molecule has 2 rings (SSSR count). The van der Waals surface area contributed by atoms with Crippen molar-refractivity contribution >= 4 is 27.4 Å². The van der Waals surface area contributed by atoms with Crippen LogP contribution in [0.25, 0.3) is 0 Å². The summed E-state index contributed by atoms with van der Waals surface area (Å²) in [6, 6.07) is 7.16. The first-order chi connectivity index (χ1) is 8.45. The third-order valence-corrected chi connectivity index (χ3v) is 3.14. The molecule has 0 unspecified atom stereocenters. The van der Waals surface area contributed by atoms with E-state index in [1.54, 1.807) is 22.9 Å². The number of nitrogens with zero attached hydrogens (tertiary/aromatic N) is 2. The summed E-state index contributed by atoms with van der Waals surface area (Å²) < 4.78 is 2.54. The van der Waals surface area contributed by atoms with Crippen LogP contribution in [0.3, 0.4) is 0 Å². The molecule has 0 atom stereocenters. The molecule has 0 amide bonds. The van der Waals surface area contributed by atoms with E-state index in [0.29, 0.717) is 17.7 Å². The van der Waals surface area contributed by atoms with E-state index < -0.39 is 0 Å². The Labute approximate surface area is 114 Å². The van der Waals surface area contributed by atoms with E-state index in [-0.39, 0.29) is 5.78 Å². The third kappa shape index (κ3) is 2.79. The third-order valence-electron chi connectivity index (χ3n) is 2.68. The number of rotatable bonds is 3. The minimum absolute atomic E-state index is 0.0333. The van der Waals surface area contributed by atoms with E-state index in [2.05, 4.69) is 21.0 Å². The van der Waals surface area contributed by atoms with Crippen LogP contribution in [0.1, 0.15) is 21.7 Å². The van der Waals surface area contributed by atoms with Crippen LogP contribution in [0.4, 0.5) is 5.69 Å². The molecule has 2 aromatic rings. The summed E-state index contributed by atoms with van der Waals surface area (Å²) in [6.45, 7) is 1.91. The molecule has 2 N–H and O–H groups in total. The van der Waals surface area contributed by atoms with Crippen molar-refractivity contribution in [1.29, 1.82) is 0 Å². The summed E-state index contributed by atoms with van der Waals surface area (Å²) in [5.41, 5.74) is 8.72. The van der Waals surface area contributed by atoms with Crippen molar-refractivity contribution < 1.29 is 4.79 Å². The summed E-state index contributed by atoms with van der Waals surface area (Å²) in [7, 11) is 1.84. The van der Waals surface area contributed by atoms with Crippen molar-refractivity contribution in [2.24, 2.45) is 7.05 Å². The van der Waals surface area contributed by atoms with Crippen LogP contribution in [0.5, 0.6) is 0 Å². The van der Waals surface area contributed by atoms with E-state index in [9.17, 15) is 4.79 Å². The molecule has 0 saturated carbocycles. The molecule has 0 spiro atoms. The number of aryl methyl sites for hydroxylation is 2. The standard InChI is InChI=1S/C13H14BrN3O/c1-8-3-12(17(2)16-8)7-13(18)9-4-10(14)6-11(15)5-9/h3-6H,7,15H2,1-2H3. The number of carbonyl (C=O) groups excluding carboxylic acids is 1. The molecule has 0 saturated heterocycles. The fourth-order valence-corrected chi connectivity index (χ4v) is 2.38. The van der Waals surface area contributed by atoms with Gasteiger partial charge in [-0.1, -0.05) is 15.9 Å². The minimum atomic E-state index is 0.0333. The predicted molar refractivity (Wildman–Crippen MR) is 74.5 cm³/mol. The van der Waals surface area contributed by atoms with Crippen LogP contribution < -0.4 is 5.73 Å². The summed E-state index contributed by atoms with van der Waals surface area (Å²) in [6.07, 6.45) is 0.327. The zero-order chi connectivity index (χ0) is 13.3. The van der Waals surface area contributed by atoms with Crippen molar-refractivity contribution in [3.8, 4) is 0 Å².